The molecule has 1 saturated heterocycles. The number of nitrogens with zero attached hydrogens (tertiary/aromatic N) is 1. The quantitative estimate of drug-likeness (QED) is 0.791. The van der Waals surface area contributed by atoms with Gasteiger partial charge in [-0.2, -0.15) is 13.2 Å². The molecule has 0 aromatic carbocycles. The van der Waals surface area contributed by atoms with Crippen molar-refractivity contribution >= 4 is 0 Å². The van der Waals surface area contributed by atoms with Gasteiger partial charge in [0.15, 0.2) is 0 Å². The minimum Gasteiger partial charge on any atom is -0.393 e. The van der Waals surface area contributed by atoms with E-state index in [9.17, 15) is 18.3 Å². The Labute approximate surface area is 118 Å². The van der Waals surface area contributed by atoms with Gasteiger partial charge in [0, 0.05) is 18.5 Å². The molecule has 0 amide bonds. The number of alkyl halides is 3. The van der Waals surface area contributed by atoms with Crippen molar-refractivity contribution < 1.29 is 23.0 Å². The summed E-state index contributed by atoms with van der Waals surface area (Å²) in [5, 5.41) is 10.1. The fourth-order valence-electron chi connectivity index (χ4n) is 3.57. The third kappa shape index (κ3) is 4.60. The van der Waals surface area contributed by atoms with Crippen LogP contribution in [0.25, 0.3) is 0 Å². The lowest BCUT2D eigenvalue weighted by atomic mass is 9.80. The van der Waals surface area contributed by atoms with Gasteiger partial charge in [-0.05, 0) is 32.2 Å². The Morgan fingerprint density at radius 1 is 1.10 bits per heavy atom. The zero-order valence-corrected chi connectivity index (χ0v) is 11.7. The summed E-state index contributed by atoms with van der Waals surface area (Å²) in [5.74, 6) is 0.286. The SMILES string of the molecule is OC1CCCCC1C1CCCN1CCOCC(F)(F)F. The molecule has 1 aliphatic carbocycles. The highest BCUT2D eigenvalue weighted by atomic mass is 19.4. The third-order valence-corrected chi connectivity index (χ3v) is 4.48. The molecule has 3 nitrogen and oxygen atoms in total. The Kier molecular flexibility index (Phi) is 5.69. The van der Waals surface area contributed by atoms with E-state index in [1.54, 1.807) is 0 Å². The average Bonchev–Trinajstić information content (AvgIpc) is 2.82. The first-order valence-corrected chi connectivity index (χ1v) is 7.54. The van der Waals surface area contributed by atoms with Gasteiger partial charge in [0.05, 0.1) is 12.7 Å². The van der Waals surface area contributed by atoms with E-state index in [2.05, 4.69) is 4.90 Å². The predicted octanol–water partition coefficient (Wildman–Crippen LogP) is 2.58. The number of hydrogen-bond donors (Lipinski definition) is 1. The molecular weight excluding hydrogens is 271 g/mol. The van der Waals surface area contributed by atoms with E-state index < -0.39 is 12.8 Å². The van der Waals surface area contributed by atoms with E-state index in [-0.39, 0.29) is 18.6 Å². The summed E-state index contributed by atoms with van der Waals surface area (Å²) >= 11 is 0. The summed E-state index contributed by atoms with van der Waals surface area (Å²) in [4.78, 5) is 2.20. The van der Waals surface area contributed by atoms with Crippen molar-refractivity contribution in [1.82, 2.24) is 4.90 Å². The smallest absolute Gasteiger partial charge is 0.393 e. The fourth-order valence-corrected chi connectivity index (χ4v) is 3.57. The number of halogens is 3. The summed E-state index contributed by atoms with van der Waals surface area (Å²) < 4.78 is 40.7. The van der Waals surface area contributed by atoms with E-state index in [0.29, 0.717) is 12.6 Å². The molecule has 6 heteroatoms. The first-order valence-electron chi connectivity index (χ1n) is 7.54. The highest BCUT2D eigenvalue weighted by Gasteiger charge is 2.36. The number of hydrogen-bond acceptors (Lipinski definition) is 3. The van der Waals surface area contributed by atoms with Crippen LogP contribution >= 0.6 is 0 Å². The maximum atomic E-state index is 12.0. The Morgan fingerprint density at radius 2 is 1.85 bits per heavy atom. The van der Waals surface area contributed by atoms with Gasteiger partial charge < -0.3 is 9.84 Å². The molecule has 1 heterocycles. The Morgan fingerprint density at radius 3 is 2.55 bits per heavy atom. The van der Waals surface area contributed by atoms with E-state index in [1.807, 2.05) is 0 Å². The molecule has 3 atom stereocenters. The largest absolute Gasteiger partial charge is 0.411 e. The molecule has 0 radical (unpaired) electrons. The minimum absolute atomic E-state index is 0.110. The number of rotatable bonds is 5. The molecule has 0 bridgehead atoms. The normalized spacial score (nSPS) is 32.7. The first-order chi connectivity index (χ1) is 9.47. The second kappa shape index (κ2) is 7.09. The van der Waals surface area contributed by atoms with Crippen LogP contribution in [-0.4, -0.2) is 54.6 Å². The Hall–Kier alpha value is -0.330. The summed E-state index contributed by atoms with van der Waals surface area (Å²) in [6.45, 7) is 0.379. The monoisotopic (exact) mass is 295 g/mol. The standard InChI is InChI=1S/C14H24F3NO2/c15-14(16,17)10-20-9-8-18-7-3-5-12(18)11-4-1-2-6-13(11)19/h11-13,19H,1-10H2. The zero-order valence-electron chi connectivity index (χ0n) is 11.7. The molecule has 1 N–H and O–H groups in total. The molecule has 2 fully saturated rings. The van der Waals surface area contributed by atoms with Crippen LogP contribution in [0.1, 0.15) is 38.5 Å². The van der Waals surface area contributed by atoms with Crippen molar-refractivity contribution in [2.75, 3.05) is 26.3 Å². The lowest BCUT2D eigenvalue weighted by molar-refractivity contribution is -0.174. The van der Waals surface area contributed by atoms with Crippen LogP contribution in [0.3, 0.4) is 0 Å². The van der Waals surface area contributed by atoms with Gasteiger partial charge in [-0.15, -0.1) is 0 Å². The highest BCUT2D eigenvalue weighted by molar-refractivity contribution is 4.90. The second-order valence-corrected chi connectivity index (χ2v) is 5.93. The fraction of sp³-hybridized carbons (Fsp3) is 1.00. The topological polar surface area (TPSA) is 32.7 Å². The number of ether oxygens (including phenoxy) is 1. The van der Waals surface area contributed by atoms with Crippen LogP contribution < -0.4 is 0 Å². The molecule has 2 aliphatic rings. The Balaban J connectivity index is 1.75. The molecule has 0 spiro atoms. The second-order valence-electron chi connectivity index (χ2n) is 5.93. The van der Waals surface area contributed by atoms with Crippen molar-refractivity contribution in [3.05, 3.63) is 0 Å². The molecule has 2 rings (SSSR count). The van der Waals surface area contributed by atoms with Crippen molar-refractivity contribution in [1.29, 1.82) is 0 Å². The molecule has 1 aliphatic heterocycles. The van der Waals surface area contributed by atoms with Gasteiger partial charge >= 0.3 is 6.18 Å². The number of likely N-dealkylation sites (tertiary alicyclic amines) is 1. The lowest BCUT2D eigenvalue weighted by Gasteiger charge is -2.37. The van der Waals surface area contributed by atoms with E-state index in [1.165, 1.54) is 0 Å². The van der Waals surface area contributed by atoms with Crippen LogP contribution in [0.4, 0.5) is 13.2 Å². The van der Waals surface area contributed by atoms with Gasteiger partial charge in [-0.3, -0.25) is 4.90 Å². The first kappa shape index (κ1) is 16.0. The molecule has 118 valence electrons. The third-order valence-electron chi connectivity index (χ3n) is 4.48. The van der Waals surface area contributed by atoms with E-state index in [4.69, 9.17) is 4.74 Å². The number of aliphatic hydroxyl groups is 1. The molecule has 0 aromatic rings. The van der Waals surface area contributed by atoms with Crippen LogP contribution in [0.5, 0.6) is 0 Å². The van der Waals surface area contributed by atoms with Crippen LogP contribution in [0, 0.1) is 5.92 Å². The zero-order chi connectivity index (χ0) is 14.6. The molecular formula is C14H24F3NO2. The molecule has 20 heavy (non-hydrogen) atoms. The predicted molar refractivity (Wildman–Crippen MR) is 69.4 cm³/mol. The van der Waals surface area contributed by atoms with Crippen molar-refractivity contribution in [2.45, 2.75) is 56.8 Å². The highest BCUT2D eigenvalue weighted by Crippen LogP contribution is 2.34. The van der Waals surface area contributed by atoms with Crippen LogP contribution in [0.15, 0.2) is 0 Å². The van der Waals surface area contributed by atoms with Gasteiger partial charge in [-0.25, -0.2) is 0 Å². The molecule has 0 aromatic heterocycles. The van der Waals surface area contributed by atoms with Gasteiger partial charge in [-0.1, -0.05) is 12.8 Å². The summed E-state index contributed by atoms with van der Waals surface area (Å²) in [7, 11) is 0. The van der Waals surface area contributed by atoms with Crippen molar-refractivity contribution in [3.63, 3.8) is 0 Å². The minimum atomic E-state index is -4.25. The van der Waals surface area contributed by atoms with Gasteiger partial charge in [0.2, 0.25) is 0 Å². The van der Waals surface area contributed by atoms with Crippen LogP contribution in [-0.2, 0) is 4.74 Å². The van der Waals surface area contributed by atoms with E-state index in [0.717, 1.165) is 45.1 Å². The van der Waals surface area contributed by atoms with Crippen molar-refractivity contribution in [3.8, 4) is 0 Å². The van der Waals surface area contributed by atoms with Gasteiger partial charge in [0.1, 0.15) is 6.61 Å². The number of aliphatic hydroxyl groups excluding tert-OH is 1. The van der Waals surface area contributed by atoms with Crippen molar-refractivity contribution in [2.24, 2.45) is 5.92 Å². The van der Waals surface area contributed by atoms with Crippen LogP contribution in [0.2, 0.25) is 0 Å². The average molecular weight is 295 g/mol. The maximum absolute atomic E-state index is 12.0. The molecule has 3 unspecified atom stereocenters. The summed E-state index contributed by atoms with van der Waals surface area (Å²) in [6, 6.07) is 0.319. The Bertz CT molecular complexity index is 299. The lowest BCUT2D eigenvalue weighted by Crippen LogP contribution is -2.43. The summed E-state index contributed by atoms with van der Waals surface area (Å²) in [5.41, 5.74) is 0. The maximum Gasteiger partial charge on any atom is 0.411 e. The molecule has 1 saturated carbocycles. The van der Waals surface area contributed by atoms with E-state index >= 15 is 0 Å². The summed E-state index contributed by atoms with van der Waals surface area (Å²) in [6.07, 6.45) is 1.74. The van der Waals surface area contributed by atoms with Gasteiger partial charge in [0.25, 0.3) is 0 Å².